The number of rotatable bonds is 8. The van der Waals surface area contributed by atoms with Gasteiger partial charge in [-0.15, -0.1) is 0 Å². The van der Waals surface area contributed by atoms with Crippen LogP contribution in [0.15, 0.2) is 249 Å². The lowest BCUT2D eigenvalue weighted by molar-refractivity contribution is 0.487. The summed E-state index contributed by atoms with van der Waals surface area (Å²) in [4.78, 5) is 2.37. The van der Waals surface area contributed by atoms with Gasteiger partial charge in [0.1, 0.15) is 11.5 Å². The van der Waals surface area contributed by atoms with Crippen molar-refractivity contribution in [2.45, 2.75) is 0 Å². The minimum absolute atomic E-state index is 0.888. The standard InChI is InChI=1S/C62H41NO/c1-2-11-42(12-3-1)43-23-25-44(26-24-43)46-31-35-53(36-32-46)63(54-37-33-47(34-38-54)45-27-29-49(30-28-45)57-20-9-14-48-13-4-5-18-56(48)57)55-17-8-15-50(40-55)52-39-51-16-10-22-61-62(51)59(41-52)58-19-6-7-21-60(58)64-61/h1-41H. The van der Waals surface area contributed by atoms with Crippen LogP contribution in [0.5, 0.6) is 11.5 Å². The van der Waals surface area contributed by atoms with Gasteiger partial charge in [-0.25, -0.2) is 0 Å². The molecule has 0 fully saturated rings. The average molecular weight is 816 g/mol. The lowest BCUT2D eigenvalue weighted by Crippen LogP contribution is -2.10. The molecule has 1 heterocycles. The molecular weight excluding hydrogens is 775 g/mol. The monoisotopic (exact) mass is 815 g/mol. The maximum atomic E-state index is 6.37. The van der Waals surface area contributed by atoms with Crippen molar-refractivity contribution in [2.75, 3.05) is 4.90 Å². The summed E-state index contributed by atoms with van der Waals surface area (Å²) in [5, 5.41) is 4.84. The molecule has 300 valence electrons. The molecule has 12 rings (SSSR count). The highest BCUT2D eigenvalue weighted by molar-refractivity contribution is 6.06. The molecule has 1 aliphatic rings. The average Bonchev–Trinajstić information content (AvgIpc) is 3.37. The van der Waals surface area contributed by atoms with Gasteiger partial charge >= 0.3 is 0 Å². The molecule has 0 N–H and O–H groups in total. The number of ether oxygens (including phenoxy) is 1. The molecule has 2 nitrogen and oxygen atoms in total. The maximum Gasteiger partial charge on any atom is 0.135 e. The molecular formula is C62H41NO. The summed E-state index contributed by atoms with van der Waals surface area (Å²) < 4.78 is 6.37. The van der Waals surface area contributed by atoms with Crippen LogP contribution >= 0.6 is 0 Å². The predicted molar refractivity (Wildman–Crippen MR) is 269 cm³/mol. The van der Waals surface area contributed by atoms with E-state index in [-0.39, 0.29) is 0 Å². The van der Waals surface area contributed by atoms with Crippen molar-refractivity contribution in [3.05, 3.63) is 249 Å². The zero-order chi connectivity index (χ0) is 42.4. The zero-order valence-electron chi connectivity index (χ0n) is 35.0. The second-order valence-corrected chi connectivity index (χ2v) is 16.5. The van der Waals surface area contributed by atoms with E-state index in [1.54, 1.807) is 0 Å². The van der Waals surface area contributed by atoms with E-state index in [9.17, 15) is 0 Å². The van der Waals surface area contributed by atoms with Crippen LogP contribution in [0.4, 0.5) is 17.1 Å². The lowest BCUT2D eigenvalue weighted by Gasteiger charge is -2.27. The van der Waals surface area contributed by atoms with E-state index in [0.29, 0.717) is 0 Å². The summed E-state index contributed by atoms with van der Waals surface area (Å²) in [6, 6.07) is 89.7. The molecule has 11 aromatic carbocycles. The SMILES string of the molecule is c1ccc(-c2ccc(-c3ccc(N(c4ccc(-c5ccc(-c6cccc7ccccc67)cc5)cc4)c4cccc(-c5cc6c7c(cccc7c5)Oc5ccccc5-6)c4)cc3)cc2)cc1. The van der Waals surface area contributed by atoms with Gasteiger partial charge < -0.3 is 9.64 Å². The molecule has 2 heteroatoms. The van der Waals surface area contributed by atoms with Crippen LogP contribution < -0.4 is 9.64 Å². The van der Waals surface area contributed by atoms with E-state index in [4.69, 9.17) is 4.74 Å². The number of fused-ring (bicyclic) bond motifs is 3. The van der Waals surface area contributed by atoms with Crippen LogP contribution in [-0.2, 0) is 0 Å². The Labute approximate surface area is 373 Å². The van der Waals surface area contributed by atoms with E-state index < -0.39 is 0 Å². The summed E-state index contributed by atoms with van der Waals surface area (Å²) in [6.07, 6.45) is 0. The van der Waals surface area contributed by atoms with Gasteiger partial charge in [-0.05, 0) is 138 Å². The first-order valence-electron chi connectivity index (χ1n) is 21.9. The van der Waals surface area contributed by atoms with Gasteiger partial charge in [-0.1, -0.05) is 188 Å². The summed E-state index contributed by atoms with van der Waals surface area (Å²) in [7, 11) is 0. The third kappa shape index (κ3) is 6.79. The van der Waals surface area contributed by atoms with Crippen LogP contribution in [0.25, 0.3) is 88.3 Å². The fourth-order valence-electron chi connectivity index (χ4n) is 9.44. The number of benzene rings is 11. The Bertz CT molecular complexity index is 3480. The third-order valence-electron chi connectivity index (χ3n) is 12.7. The van der Waals surface area contributed by atoms with Crippen LogP contribution in [-0.4, -0.2) is 0 Å². The number of hydrogen-bond donors (Lipinski definition) is 0. The summed E-state index contributed by atoms with van der Waals surface area (Å²) in [5.41, 5.74) is 17.5. The van der Waals surface area contributed by atoms with E-state index in [0.717, 1.165) is 56.0 Å². The Morgan fingerprint density at radius 1 is 0.250 bits per heavy atom. The number of para-hydroxylation sites is 1. The van der Waals surface area contributed by atoms with Gasteiger partial charge in [0.05, 0.1) is 0 Å². The largest absolute Gasteiger partial charge is 0.456 e. The third-order valence-corrected chi connectivity index (χ3v) is 12.7. The van der Waals surface area contributed by atoms with Crippen molar-refractivity contribution in [1.29, 1.82) is 0 Å². The van der Waals surface area contributed by atoms with Crippen molar-refractivity contribution in [1.82, 2.24) is 0 Å². The van der Waals surface area contributed by atoms with Crippen LogP contribution in [0.3, 0.4) is 0 Å². The second kappa shape index (κ2) is 15.8. The molecule has 0 amide bonds. The summed E-state index contributed by atoms with van der Waals surface area (Å²) in [5.74, 6) is 1.79. The Morgan fingerprint density at radius 2 is 0.734 bits per heavy atom. The number of hydrogen-bond acceptors (Lipinski definition) is 2. The van der Waals surface area contributed by atoms with Crippen molar-refractivity contribution in [3.8, 4) is 78.3 Å². The molecule has 0 aliphatic carbocycles. The number of anilines is 3. The summed E-state index contributed by atoms with van der Waals surface area (Å²) in [6.45, 7) is 0. The second-order valence-electron chi connectivity index (χ2n) is 16.5. The van der Waals surface area contributed by atoms with E-state index in [2.05, 4.69) is 248 Å². The van der Waals surface area contributed by atoms with Crippen LogP contribution in [0, 0.1) is 0 Å². The van der Waals surface area contributed by atoms with Gasteiger partial charge in [0, 0.05) is 28.0 Å². The Hall–Kier alpha value is -8.46. The van der Waals surface area contributed by atoms with Crippen molar-refractivity contribution in [3.63, 3.8) is 0 Å². The van der Waals surface area contributed by atoms with Gasteiger partial charge in [-0.2, -0.15) is 0 Å². The van der Waals surface area contributed by atoms with E-state index >= 15 is 0 Å². The molecule has 1 aliphatic heterocycles. The zero-order valence-corrected chi connectivity index (χ0v) is 35.0. The molecule has 0 radical (unpaired) electrons. The van der Waals surface area contributed by atoms with Crippen LogP contribution in [0.1, 0.15) is 0 Å². The minimum Gasteiger partial charge on any atom is -0.456 e. The van der Waals surface area contributed by atoms with Crippen molar-refractivity contribution < 1.29 is 4.74 Å². The van der Waals surface area contributed by atoms with Gasteiger partial charge in [0.2, 0.25) is 0 Å². The Balaban J connectivity index is 0.915. The normalized spacial score (nSPS) is 11.6. The molecule has 0 spiro atoms. The summed E-state index contributed by atoms with van der Waals surface area (Å²) >= 11 is 0. The molecule has 0 aromatic heterocycles. The molecule has 0 saturated carbocycles. The fraction of sp³-hybridized carbons (Fsp3) is 0. The molecule has 11 aromatic rings. The maximum absolute atomic E-state index is 6.37. The number of nitrogens with zero attached hydrogens (tertiary/aromatic N) is 1. The molecule has 64 heavy (non-hydrogen) atoms. The Morgan fingerprint density at radius 3 is 1.44 bits per heavy atom. The molecule has 0 unspecified atom stereocenters. The molecule has 0 bridgehead atoms. The topological polar surface area (TPSA) is 12.5 Å². The molecule has 0 saturated heterocycles. The molecule has 0 atom stereocenters. The van der Waals surface area contributed by atoms with Crippen molar-refractivity contribution in [2.24, 2.45) is 0 Å². The van der Waals surface area contributed by atoms with Gasteiger partial charge in [-0.3, -0.25) is 0 Å². The smallest absolute Gasteiger partial charge is 0.135 e. The quantitative estimate of drug-likeness (QED) is 0.151. The predicted octanol–water partition coefficient (Wildman–Crippen LogP) is 17.6. The van der Waals surface area contributed by atoms with E-state index in [1.807, 2.05) is 6.07 Å². The first-order valence-corrected chi connectivity index (χ1v) is 21.9. The van der Waals surface area contributed by atoms with E-state index in [1.165, 1.54) is 60.8 Å². The first-order chi connectivity index (χ1) is 31.7. The van der Waals surface area contributed by atoms with Gasteiger partial charge in [0.25, 0.3) is 0 Å². The highest BCUT2D eigenvalue weighted by atomic mass is 16.5. The highest BCUT2D eigenvalue weighted by Gasteiger charge is 2.21. The lowest BCUT2D eigenvalue weighted by atomic mass is 9.90. The Kier molecular flexibility index (Phi) is 9.20. The van der Waals surface area contributed by atoms with Gasteiger partial charge in [0.15, 0.2) is 0 Å². The van der Waals surface area contributed by atoms with Crippen LogP contribution in [0.2, 0.25) is 0 Å². The highest BCUT2D eigenvalue weighted by Crippen LogP contribution is 2.48. The first kappa shape index (κ1) is 37.3. The van der Waals surface area contributed by atoms with Crippen molar-refractivity contribution >= 4 is 38.6 Å². The minimum atomic E-state index is 0.888. The fourth-order valence-corrected chi connectivity index (χ4v) is 9.44.